The standard InChI is InChI=1S/C16H32N2O3/c1-11(2)17-16(5,15(19)20)9-13(4)18-8-7-12(3)14(10-18)21-6/h11-14,17H,7-10H2,1-6H3,(H,19,20). The van der Waals surface area contributed by atoms with Crippen molar-refractivity contribution in [2.45, 2.75) is 71.2 Å². The molecule has 1 saturated heterocycles. The summed E-state index contributed by atoms with van der Waals surface area (Å²) in [5.41, 5.74) is -0.890. The summed E-state index contributed by atoms with van der Waals surface area (Å²) < 4.78 is 5.55. The SMILES string of the molecule is COC1CN(C(C)CC(C)(NC(C)C)C(=O)O)CCC1C. The van der Waals surface area contributed by atoms with Gasteiger partial charge in [0.15, 0.2) is 0 Å². The van der Waals surface area contributed by atoms with Crippen LogP contribution in [0.25, 0.3) is 0 Å². The third-order valence-electron chi connectivity index (χ3n) is 4.63. The summed E-state index contributed by atoms with van der Waals surface area (Å²) in [6.07, 6.45) is 1.94. The highest BCUT2D eigenvalue weighted by Gasteiger charge is 2.38. The predicted octanol–water partition coefficient (Wildman–Crippen LogP) is 1.96. The largest absolute Gasteiger partial charge is 0.480 e. The van der Waals surface area contributed by atoms with Gasteiger partial charge < -0.3 is 9.84 Å². The van der Waals surface area contributed by atoms with E-state index in [1.54, 1.807) is 14.0 Å². The lowest BCUT2D eigenvalue weighted by atomic mass is 9.89. The summed E-state index contributed by atoms with van der Waals surface area (Å²) >= 11 is 0. The van der Waals surface area contributed by atoms with E-state index in [9.17, 15) is 9.90 Å². The quantitative estimate of drug-likeness (QED) is 0.752. The Kier molecular flexibility index (Phi) is 6.63. The Bertz CT molecular complexity index is 348. The molecule has 1 heterocycles. The summed E-state index contributed by atoms with van der Waals surface area (Å²) in [4.78, 5) is 14.0. The molecule has 124 valence electrons. The van der Waals surface area contributed by atoms with Crippen LogP contribution in [0.3, 0.4) is 0 Å². The number of aliphatic carboxylic acids is 1. The molecule has 2 N–H and O–H groups in total. The van der Waals surface area contributed by atoms with Gasteiger partial charge in [0.2, 0.25) is 0 Å². The fraction of sp³-hybridized carbons (Fsp3) is 0.938. The molecule has 0 bridgehead atoms. The van der Waals surface area contributed by atoms with Crippen molar-refractivity contribution >= 4 is 5.97 Å². The summed E-state index contributed by atoms with van der Waals surface area (Å²) in [5, 5.41) is 12.8. The number of likely N-dealkylation sites (tertiary alicyclic amines) is 1. The summed E-state index contributed by atoms with van der Waals surface area (Å²) in [7, 11) is 1.76. The third-order valence-corrected chi connectivity index (χ3v) is 4.63. The highest BCUT2D eigenvalue weighted by atomic mass is 16.5. The molecule has 1 aliphatic rings. The van der Waals surface area contributed by atoms with Gasteiger partial charge in [-0.05, 0) is 53.0 Å². The Morgan fingerprint density at radius 1 is 1.48 bits per heavy atom. The number of piperidine rings is 1. The van der Waals surface area contributed by atoms with Crippen LogP contribution in [-0.4, -0.2) is 59.9 Å². The van der Waals surface area contributed by atoms with Gasteiger partial charge in [-0.15, -0.1) is 0 Å². The molecule has 21 heavy (non-hydrogen) atoms. The molecule has 1 aliphatic heterocycles. The maximum absolute atomic E-state index is 11.6. The molecular weight excluding hydrogens is 268 g/mol. The van der Waals surface area contributed by atoms with Crippen molar-refractivity contribution in [1.29, 1.82) is 0 Å². The van der Waals surface area contributed by atoms with Crippen LogP contribution in [0, 0.1) is 5.92 Å². The van der Waals surface area contributed by atoms with Crippen molar-refractivity contribution in [1.82, 2.24) is 10.2 Å². The van der Waals surface area contributed by atoms with Gasteiger partial charge in [-0.3, -0.25) is 15.0 Å². The van der Waals surface area contributed by atoms with E-state index in [4.69, 9.17) is 4.74 Å². The second-order valence-corrected chi connectivity index (χ2v) is 7.02. The summed E-state index contributed by atoms with van der Waals surface area (Å²) in [6, 6.07) is 0.355. The fourth-order valence-electron chi connectivity index (χ4n) is 3.33. The average molecular weight is 300 g/mol. The first-order chi connectivity index (χ1) is 9.69. The molecule has 5 nitrogen and oxygen atoms in total. The second-order valence-electron chi connectivity index (χ2n) is 7.02. The molecular formula is C16H32N2O3. The Labute approximate surface area is 129 Å². The molecule has 1 fully saturated rings. The Balaban J connectivity index is 2.69. The van der Waals surface area contributed by atoms with Crippen LogP contribution in [0.5, 0.6) is 0 Å². The second kappa shape index (κ2) is 7.56. The van der Waals surface area contributed by atoms with E-state index in [2.05, 4.69) is 24.1 Å². The molecule has 0 aromatic rings. The van der Waals surface area contributed by atoms with E-state index in [-0.39, 0.29) is 18.2 Å². The lowest BCUT2D eigenvalue weighted by Crippen LogP contribution is -2.57. The molecule has 4 unspecified atom stereocenters. The van der Waals surface area contributed by atoms with Gasteiger partial charge >= 0.3 is 5.97 Å². The minimum absolute atomic E-state index is 0.145. The topological polar surface area (TPSA) is 61.8 Å². The number of carboxylic acid groups (broad SMARTS) is 1. The minimum atomic E-state index is -0.890. The molecule has 1 rings (SSSR count). The molecule has 0 aromatic heterocycles. The summed E-state index contributed by atoms with van der Waals surface area (Å²) in [6.45, 7) is 12.0. The van der Waals surface area contributed by atoms with Crippen molar-refractivity contribution in [3.05, 3.63) is 0 Å². The summed E-state index contributed by atoms with van der Waals surface area (Å²) in [5.74, 6) is -0.213. The van der Waals surface area contributed by atoms with Gasteiger partial charge in [-0.1, -0.05) is 6.92 Å². The molecule has 0 saturated carbocycles. The molecule has 0 spiro atoms. The highest BCUT2D eigenvalue weighted by Crippen LogP contribution is 2.25. The number of ether oxygens (including phenoxy) is 1. The van der Waals surface area contributed by atoms with Gasteiger partial charge in [0.25, 0.3) is 0 Å². The zero-order chi connectivity index (χ0) is 16.2. The number of carboxylic acids is 1. The van der Waals surface area contributed by atoms with Crippen molar-refractivity contribution in [2.24, 2.45) is 5.92 Å². The first-order valence-corrected chi connectivity index (χ1v) is 7.97. The van der Waals surface area contributed by atoms with Crippen LogP contribution in [-0.2, 0) is 9.53 Å². The third kappa shape index (κ3) is 4.94. The molecule has 0 aromatic carbocycles. The van der Waals surface area contributed by atoms with Gasteiger partial charge in [-0.25, -0.2) is 0 Å². The van der Waals surface area contributed by atoms with E-state index in [1.807, 2.05) is 13.8 Å². The van der Waals surface area contributed by atoms with E-state index in [0.29, 0.717) is 12.3 Å². The monoisotopic (exact) mass is 300 g/mol. The number of carbonyl (C=O) groups is 1. The molecule has 0 aliphatic carbocycles. The zero-order valence-electron chi connectivity index (χ0n) is 14.3. The van der Waals surface area contributed by atoms with Crippen LogP contribution < -0.4 is 5.32 Å². The van der Waals surface area contributed by atoms with Crippen LogP contribution in [0.4, 0.5) is 0 Å². The predicted molar refractivity (Wildman–Crippen MR) is 84.5 cm³/mol. The highest BCUT2D eigenvalue weighted by molar-refractivity contribution is 5.78. The number of hydrogen-bond donors (Lipinski definition) is 2. The Morgan fingerprint density at radius 3 is 2.57 bits per heavy atom. The zero-order valence-corrected chi connectivity index (χ0v) is 14.3. The number of nitrogens with one attached hydrogen (secondary N) is 1. The van der Waals surface area contributed by atoms with Crippen molar-refractivity contribution < 1.29 is 14.6 Å². The normalized spacial score (nSPS) is 28.3. The number of methoxy groups -OCH3 is 1. The molecule has 0 amide bonds. The van der Waals surface area contributed by atoms with Gasteiger partial charge in [-0.2, -0.15) is 0 Å². The first-order valence-electron chi connectivity index (χ1n) is 7.97. The lowest BCUT2D eigenvalue weighted by molar-refractivity contribution is -0.145. The van der Waals surface area contributed by atoms with Gasteiger partial charge in [0.05, 0.1) is 6.10 Å². The van der Waals surface area contributed by atoms with E-state index >= 15 is 0 Å². The lowest BCUT2D eigenvalue weighted by Gasteiger charge is -2.42. The average Bonchev–Trinajstić information content (AvgIpc) is 2.37. The Morgan fingerprint density at radius 2 is 2.10 bits per heavy atom. The van der Waals surface area contributed by atoms with Crippen molar-refractivity contribution in [3.8, 4) is 0 Å². The fourth-order valence-corrected chi connectivity index (χ4v) is 3.33. The van der Waals surface area contributed by atoms with Crippen molar-refractivity contribution in [2.75, 3.05) is 20.2 Å². The minimum Gasteiger partial charge on any atom is -0.480 e. The van der Waals surface area contributed by atoms with E-state index in [0.717, 1.165) is 19.5 Å². The van der Waals surface area contributed by atoms with E-state index < -0.39 is 11.5 Å². The van der Waals surface area contributed by atoms with Crippen LogP contribution in [0.15, 0.2) is 0 Å². The number of hydrogen-bond acceptors (Lipinski definition) is 4. The van der Waals surface area contributed by atoms with Gasteiger partial charge in [0.1, 0.15) is 5.54 Å². The van der Waals surface area contributed by atoms with Crippen LogP contribution in [0.1, 0.15) is 47.5 Å². The van der Waals surface area contributed by atoms with E-state index in [1.165, 1.54) is 0 Å². The maximum Gasteiger partial charge on any atom is 0.323 e. The molecule has 0 radical (unpaired) electrons. The van der Waals surface area contributed by atoms with Gasteiger partial charge in [0, 0.05) is 25.7 Å². The smallest absolute Gasteiger partial charge is 0.323 e. The Hall–Kier alpha value is -0.650. The van der Waals surface area contributed by atoms with Crippen LogP contribution >= 0.6 is 0 Å². The number of rotatable bonds is 7. The number of nitrogens with zero attached hydrogens (tertiary/aromatic N) is 1. The van der Waals surface area contributed by atoms with Crippen LogP contribution in [0.2, 0.25) is 0 Å². The van der Waals surface area contributed by atoms with Crippen molar-refractivity contribution in [3.63, 3.8) is 0 Å². The maximum atomic E-state index is 11.6. The first kappa shape index (κ1) is 18.4. The molecule has 5 heteroatoms. The molecule has 4 atom stereocenters.